The van der Waals surface area contributed by atoms with Crippen molar-refractivity contribution in [2.24, 2.45) is 5.18 Å². The number of fused-ring (bicyclic) bond motifs is 1. The Balaban J connectivity index is 2.23. The summed E-state index contributed by atoms with van der Waals surface area (Å²) in [7, 11) is 0. The highest BCUT2D eigenvalue weighted by Crippen LogP contribution is 2.40. The molecule has 3 aromatic rings. The van der Waals surface area contributed by atoms with Crippen LogP contribution in [-0.4, -0.2) is 9.67 Å². The minimum Gasteiger partial charge on any atom is -0.493 e. The van der Waals surface area contributed by atoms with Gasteiger partial charge < -0.3 is 9.67 Å². The molecule has 0 atom stereocenters. The van der Waals surface area contributed by atoms with Gasteiger partial charge in [0.25, 0.3) is 0 Å². The van der Waals surface area contributed by atoms with Crippen LogP contribution in [0.5, 0.6) is 5.88 Å². The van der Waals surface area contributed by atoms with Crippen molar-refractivity contribution in [1.82, 2.24) is 4.57 Å². The van der Waals surface area contributed by atoms with Crippen LogP contribution in [0.4, 0.5) is 5.69 Å². The molecule has 0 amide bonds. The van der Waals surface area contributed by atoms with Crippen molar-refractivity contribution in [2.75, 3.05) is 0 Å². The lowest BCUT2D eigenvalue weighted by Crippen LogP contribution is -2.00. The second-order valence-corrected chi connectivity index (χ2v) is 5.96. The fourth-order valence-electron chi connectivity index (χ4n) is 2.39. The standard InChI is InChI=1S/C15H9Cl3N2O2/c16-8-4-5-13-9(6-8)14(19-22)15(21)20(13)7-10-11(17)2-1-3-12(10)18/h1-6,21H,7H2. The molecule has 0 aliphatic carbocycles. The highest BCUT2D eigenvalue weighted by Gasteiger charge is 2.19. The molecule has 1 heterocycles. The van der Waals surface area contributed by atoms with Crippen LogP contribution < -0.4 is 0 Å². The van der Waals surface area contributed by atoms with E-state index in [4.69, 9.17) is 34.8 Å². The van der Waals surface area contributed by atoms with Crippen molar-refractivity contribution in [3.8, 4) is 5.88 Å². The van der Waals surface area contributed by atoms with E-state index in [0.29, 0.717) is 31.5 Å². The number of rotatable bonds is 3. The molecule has 1 aromatic heterocycles. The molecule has 0 radical (unpaired) electrons. The Labute approximate surface area is 140 Å². The molecule has 2 aromatic carbocycles. The number of nitrogens with zero attached hydrogens (tertiary/aromatic N) is 2. The largest absolute Gasteiger partial charge is 0.493 e. The SMILES string of the molecule is O=Nc1c(O)n(Cc2c(Cl)cccc2Cl)c2ccc(Cl)cc12. The first kappa shape index (κ1) is 15.2. The van der Waals surface area contributed by atoms with Gasteiger partial charge in [0, 0.05) is 26.0 Å². The maximum Gasteiger partial charge on any atom is 0.222 e. The number of halogens is 3. The summed E-state index contributed by atoms with van der Waals surface area (Å²) in [6.07, 6.45) is 0. The molecule has 0 saturated carbocycles. The number of aromatic hydroxyl groups is 1. The van der Waals surface area contributed by atoms with Crippen LogP contribution in [0.1, 0.15) is 5.56 Å². The topological polar surface area (TPSA) is 54.6 Å². The van der Waals surface area contributed by atoms with Gasteiger partial charge in [-0.1, -0.05) is 40.9 Å². The lowest BCUT2D eigenvalue weighted by Gasteiger charge is -2.10. The smallest absolute Gasteiger partial charge is 0.222 e. The van der Waals surface area contributed by atoms with Crippen LogP contribution >= 0.6 is 34.8 Å². The second-order valence-electron chi connectivity index (χ2n) is 4.71. The van der Waals surface area contributed by atoms with Crippen molar-refractivity contribution in [3.63, 3.8) is 0 Å². The summed E-state index contributed by atoms with van der Waals surface area (Å²) < 4.78 is 1.52. The van der Waals surface area contributed by atoms with Crippen LogP contribution in [0.2, 0.25) is 15.1 Å². The predicted molar refractivity (Wildman–Crippen MR) is 89.6 cm³/mol. The molecule has 1 N–H and O–H groups in total. The molecule has 4 nitrogen and oxygen atoms in total. The average molecular weight is 356 g/mol. The Morgan fingerprint density at radius 3 is 2.41 bits per heavy atom. The number of aromatic nitrogens is 1. The Hall–Kier alpha value is -1.75. The number of nitroso groups, excluding NO2 is 1. The zero-order chi connectivity index (χ0) is 15.9. The van der Waals surface area contributed by atoms with Crippen molar-refractivity contribution >= 4 is 51.4 Å². The van der Waals surface area contributed by atoms with Gasteiger partial charge in [-0.2, -0.15) is 0 Å². The first-order valence-electron chi connectivity index (χ1n) is 6.30. The van der Waals surface area contributed by atoms with Crippen LogP contribution in [0.15, 0.2) is 41.6 Å². The van der Waals surface area contributed by atoms with Gasteiger partial charge >= 0.3 is 0 Å². The Bertz CT molecular complexity index is 870. The van der Waals surface area contributed by atoms with Gasteiger partial charge in [-0.3, -0.25) is 0 Å². The third-order valence-corrected chi connectivity index (χ3v) is 4.38. The summed E-state index contributed by atoms with van der Waals surface area (Å²) in [5.74, 6) is -0.247. The monoisotopic (exact) mass is 354 g/mol. The van der Waals surface area contributed by atoms with Crippen molar-refractivity contribution in [2.45, 2.75) is 6.54 Å². The first-order chi connectivity index (χ1) is 10.5. The van der Waals surface area contributed by atoms with Crippen molar-refractivity contribution in [3.05, 3.63) is 61.9 Å². The Morgan fingerprint density at radius 2 is 1.77 bits per heavy atom. The minimum absolute atomic E-state index is 0.0549. The molecule has 3 rings (SSSR count). The quantitative estimate of drug-likeness (QED) is 0.608. The van der Waals surface area contributed by atoms with Crippen molar-refractivity contribution in [1.29, 1.82) is 0 Å². The second kappa shape index (κ2) is 5.80. The van der Waals surface area contributed by atoms with E-state index in [0.717, 1.165) is 0 Å². The molecule has 0 aliphatic heterocycles. The van der Waals surface area contributed by atoms with Gasteiger partial charge in [-0.05, 0) is 35.5 Å². The van der Waals surface area contributed by atoms with Gasteiger partial charge in [0.15, 0.2) is 5.69 Å². The summed E-state index contributed by atoms with van der Waals surface area (Å²) in [5, 5.41) is 15.1. The van der Waals surface area contributed by atoms with E-state index in [9.17, 15) is 10.0 Å². The van der Waals surface area contributed by atoms with E-state index in [-0.39, 0.29) is 18.1 Å². The van der Waals surface area contributed by atoms with Gasteiger partial charge in [0.05, 0.1) is 12.1 Å². The average Bonchev–Trinajstić information content (AvgIpc) is 2.74. The van der Waals surface area contributed by atoms with Gasteiger partial charge in [-0.25, -0.2) is 0 Å². The summed E-state index contributed by atoms with van der Waals surface area (Å²) in [5.41, 5.74) is 1.21. The van der Waals surface area contributed by atoms with E-state index in [1.165, 1.54) is 4.57 Å². The fraction of sp³-hybridized carbons (Fsp3) is 0.0667. The molecule has 0 bridgehead atoms. The van der Waals surface area contributed by atoms with Gasteiger partial charge in [0.1, 0.15) is 0 Å². The molecule has 22 heavy (non-hydrogen) atoms. The van der Waals surface area contributed by atoms with E-state index in [2.05, 4.69) is 5.18 Å². The summed E-state index contributed by atoms with van der Waals surface area (Å²) in [6, 6.07) is 10.1. The zero-order valence-corrected chi connectivity index (χ0v) is 13.3. The molecule has 0 saturated heterocycles. The zero-order valence-electron chi connectivity index (χ0n) is 11.1. The highest BCUT2D eigenvalue weighted by molar-refractivity contribution is 6.36. The predicted octanol–water partition coefficient (Wildman–Crippen LogP) is 5.75. The Kier molecular flexibility index (Phi) is 4.00. The summed E-state index contributed by atoms with van der Waals surface area (Å²) in [4.78, 5) is 11.0. The van der Waals surface area contributed by atoms with Crippen LogP contribution in [-0.2, 0) is 6.54 Å². The van der Waals surface area contributed by atoms with Crippen LogP contribution in [0.25, 0.3) is 10.9 Å². The van der Waals surface area contributed by atoms with E-state index >= 15 is 0 Å². The number of hydrogen-bond donors (Lipinski definition) is 1. The third-order valence-electron chi connectivity index (χ3n) is 3.44. The first-order valence-corrected chi connectivity index (χ1v) is 7.43. The maximum atomic E-state index is 11.0. The van der Waals surface area contributed by atoms with Gasteiger partial charge in [-0.15, -0.1) is 4.91 Å². The van der Waals surface area contributed by atoms with E-state index in [1.807, 2.05) is 0 Å². The van der Waals surface area contributed by atoms with Crippen molar-refractivity contribution < 1.29 is 5.11 Å². The van der Waals surface area contributed by atoms with Crippen LogP contribution in [0.3, 0.4) is 0 Å². The highest BCUT2D eigenvalue weighted by atomic mass is 35.5. The molecule has 0 unspecified atom stereocenters. The molecule has 7 heteroatoms. The molecule has 0 spiro atoms. The molecular weight excluding hydrogens is 347 g/mol. The maximum absolute atomic E-state index is 11.0. The molecule has 0 fully saturated rings. The fourth-order valence-corrected chi connectivity index (χ4v) is 3.08. The van der Waals surface area contributed by atoms with Gasteiger partial charge in [0.2, 0.25) is 5.88 Å². The van der Waals surface area contributed by atoms with E-state index < -0.39 is 0 Å². The molecule has 112 valence electrons. The molecule has 0 aliphatic rings. The summed E-state index contributed by atoms with van der Waals surface area (Å²) >= 11 is 18.3. The lowest BCUT2D eigenvalue weighted by molar-refractivity contribution is 0.430. The lowest BCUT2D eigenvalue weighted by atomic mass is 10.2. The van der Waals surface area contributed by atoms with E-state index in [1.54, 1.807) is 36.4 Å². The molecular formula is C15H9Cl3N2O2. The Morgan fingerprint density at radius 1 is 1.09 bits per heavy atom. The van der Waals surface area contributed by atoms with Crippen LogP contribution in [0, 0.1) is 4.91 Å². The number of benzene rings is 2. The minimum atomic E-state index is -0.247. The summed E-state index contributed by atoms with van der Waals surface area (Å²) in [6.45, 7) is 0.206. The normalized spacial score (nSPS) is 11.0. The third kappa shape index (κ3) is 2.43. The number of hydrogen-bond acceptors (Lipinski definition) is 3.